The van der Waals surface area contributed by atoms with Crippen molar-refractivity contribution in [1.29, 1.82) is 0 Å². The molecule has 0 aliphatic heterocycles. The monoisotopic (exact) mass is 414 g/mol. The van der Waals surface area contributed by atoms with Crippen molar-refractivity contribution in [2.75, 3.05) is 29.5 Å². The number of carbonyl (C=O) groups excluding carboxylic acids is 1. The molecule has 2 N–H and O–H groups in total. The number of alkyl halides is 1. The number of amides is 1. The van der Waals surface area contributed by atoms with Crippen molar-refractivity contribution in [2.24, 2.45) is 0 Å². The third-order valence-corrected chi connectivity index (χ3v) is 4.38. The molecule has 2 rings (SSSR count). The molecule has 24 heavy (non-hydrogen) atoms. The number of aromatic nitrogens is 4. The van der Waals surface area contributed by atoms with E-state index in [4.69, 9.17) is 0 Å². The van der Waals surface area contributed by atoms with Crippen LogP contribution in [0.3, 0.4) is 0 Å². The molecule has 2 aromatic heterocycles. The molecule has 0 bridgehead atoms. The molecule has 0 atom stereocenters. The predicted molar refractivity (Wildman–Crippen MR) is 102 cm³/mol. The predicted octanol–water partition coefficient (Wildman–Crippen LogP) is 2.66. The van der Waals surface area contributed by atoms with Crippen LogP contribution in [0.5, 0.6) is 0 Å². The van der Waals surface area contributed by atoms with Crippen LogP contribution < -0.4 is 10.6 Å². The third kappa shape index (κ3) is 5.07. The van der Waals surface area contributed by atoms with Crippen molar-refractivity contribution < 1.29 is 4.79 Å². The number of nitrogens with one attached hydrogen (secondary N) is 2. The van der Waals surface area contributed by atoms with E-state index in [9.17, 15) is 4.79 Å². The summed E-state index contributed by atoms with van der Waals surface area (Å²) < 4.78 is 1.82. The Hall–Kier alpha value is -1.35. The molecule has 0 saturated carbocycles. The van der Waals surface area contributed by atoms with Gasteiger partial charge in [0.1, 0.15) is 5.82 Å². The van der Waals surface area contributed by atoms with Crippen molar-refractivity contribution in [3.8, 4) is 0 Å². The molecule has 7 nitrogen and oxygen atoms in total. The summed E-state index contributed by atoms with van der Waals surface area (Å²) in [5.74, 6) is 1.77. The van der Waals surface area contributed by atoms with Gasteiger partial charge < -0.3 is 10.6 Å². The van der Waals surface area contributed by atoms with Crippen LogP contribution in [0.1, 0.15) is 26.7 Å². The van der Waals surface area contributed by atoms with E-state index in [1.54, 1.807) is 18.0 Å². The topological polar surface area (TPSA) is 84.7 Å². The fourth-order valence-electron chi connectivity index (χ4n) is 2.15. The van der Waals surface area contributed by atoms with Gasteiger partial charge in [-0.3, -0.25) is 4.79 Å². The second-order valence-corrected chi connectivity index (χ2v) is 7.13. The van der Waals surface area contributed by atoms with Crippen LogP contribution in [0.25, 0.3) is 11.0 Å². The van der Waals surface area contributed by atoms with Gasteiger partial charge in [-0.25, -0.2) is 14.6 Å². The summed E-state index contributed by atoms with van der Waals surface area (Å²) in [6, 6.07) is 0. The molecular weight excluding hydrogens is 392 g/mol. The number of anilines is 1. The SMILES string of the molecule is CCCNc1nc(SCC)nc2c1cnn2CCNC(=O)CCBr. The van der Waals surface area contributed by atoms with Gasteiger partial charge in [-0.05, 0) is 12.2 Å². The van der Waals surface area contributed by atoms with Crippen LogP contribution >= 0.6 is 27.7 Å². The zero-order valence-electron chi connectivity index (χ0n) is 14.0. The van der Waals surface area contributed by atoms with Gasteiger partial charge in [-0.1, -0.05) is 41.5 Å². The Morgan fingerprint density at radius 3 is 2.88 bits per heavy atom. The summed E-state index contributed by atoms with van der Waals surface area (Å²) in [6.45, 7) is 6.16. The Bertz CT molecular complexity index is 677. The highest BCUT2D eigenvalue weighted by atomic mass is 79.9. The normalized spacial score (nSPS) is 11.0. The molecule has 9 heteroatoms. The fourth-order valence-corrected chi connectivity index (χ4v) is 3.07. The van der Waals surface area contributed by atoms with Crippen molar-refractivity contribution in [1.82, 2.24) is 25.1 Å². The average Bonchev–Trinajstić information content (AvgIpc) is 2.96. The van der Waals surface area contributed by atoms with E-state index >= 15 is 0 Å². The first-order chi connectivity index (χ1) is 11.7. The van der Waals surface area contributed by atoms with Crippen molar-refractivity contribution in [3.63, 3.8) is 0 Å². The molecule has 0 spiro atoms. The molecule has 132 valence electrons. The Balaban J connectivity index is 2.18. The van der Waals surface area contributed by atoms with Crippen LogP contribution in [0.15, 0.2) is 11.4 Å². The number of hydrogen-bond acceptors (Lipinski definition) is 6. The van der Waals surface area contributed by atoms with Gasteiger partial charge in [0.25, 0.3) is 0 Å². The highest BCUT2D eigenvalue weighted by Crippen LogP contribution is 2.24. The first-order valence-electron chi connectivity index (χ1n) is 8.12. The number of halogens is 1. The molecule has 0 radical (unpaired) electrons. The smallest absolute Gasteiger partial charge is 0.220 e. The minimum Gasteiger partial charge on any atom is -0.369 e. The Morgan fingerprint density at radius 2 is 2.17 bits per heavy atom. The van der Waals surface area contributed by atoms with Gasteiger partial charge in [0.2, 0.25) is 5.91 Å². The lowest BCUT2D eigenvalue weighted by molar-refractivity contribution is -0.120. The van der Waals surface area contributed by atoms with E-state index in [1.165, 1.54) is 0 Å². The summed E-state index contributed by atoms with van der Waals surface area (Å²) >= 11 is 4.87. The number of carbonyl (C=O) groups is 1. The zero-order chi connectivity index (χ0) is 17.4. The second-order valence-electron chi connectivity index (χ2n) is 5.11. The molecule has 0 unspecified atom stereocenters. The van der Waals surface area contributed by atoms with Crippen molar-refractivity contribution in [2.45, 2.75) is 38.4 Å². The van der Waals surface area contributed by atoms with E-state index in [0.29, 0.717) is 24.8 Å². The van der Waals surface area contributed by atoms with E-state index in [-0.39, 0.29) is 5.91 Å². The standard InChI is InChI=1S/C15H23BrN6OS/c1-3-7-18-13-11-10-19-22(9-8-17-12(23)5-6-16)14(11)21-15(20-13)24-4-2/h10H,3-9H2,1-2H3,(H,17,23)(H,18,20,21). The maximum atomic E-state index is 11.5. The quantitative estimate of drug-likeness (QED) is 0.353. The molecule has 0 saturated heterocycles. The number of rotatable bonds is 10. The van der Waals surface area contributed by atoms with Crippen LogP contribution in [-0.2, 0) is 11.3 Å². The minimum absolute atomic E-state index is 0.0329. The number of fused-ring (bicyclic) bond motifs is 1. The van der Waals surface area contributed by atoms with Crippen LogP contribution in [0.2, 0.25) is 0 Å². The third-order valence-electron chi connectivity index (χ3n) is 3.26. The highest BCUT2D eigenvalue weighted by molar-refractivity contribution is 9.09. The maximum absolute atomic E-state index is 11.5. The molecule has 0 fully saturated rings. The van der Waals surface area contributed by atoms with E-state index < -0.39 is 0 Å². The molecule has 0 aliphatic rings. The number of nitrogens with zero attached hydrogens (tertiary/aromatic N) is 4. The van der Waals surface area contributed by atoms with Crippen molar-refractivity contribution in [3.05, 3.63) is 6.20 Å². The van der Waals surface area contributed by atoms with Gasteiger partial charge >= 0.3 is 0 Å². The summed E-state index contributed by atoms with van der Waals surface area (Å²) in [5, 5.41) is 13.0. The summed E-state index contributed by atoms with van der Waals surface area (Å²) in [4.78, 5) is 20.7. The lowest BCUT2D eigenvalue weighted by Gasteiger charge is -2.09. The largest absolute Gasteiger partial charge is 0.369 e. The first-order valence-corrected chi connectivity index (χ1v) is 10.2. The number of thioether (sulfide) groups is 1. The Morgan fingerprint density at radius 1 is 1.33 bits per heavy atom. The second kappa shape index (κ2) is 9.83. The maximum Gasteiger partial charge on any atom is 0.220 e. The van der Waals surface area contributed by atoms with Gasteiger partial charge in [0, 0.05) is 24.8 Å². The van der Waals surface area contributed by atoms with Crippen molar-refractivity contribution >= 4 is 50.5 Å². The Kier molecular flexibility index (Phi) is 7.77. The summed E-state index contributed by atoms with van der Waals surface area (Å²) in [6.07, 6.45) is 3.29. The molecule has 0 aliphatic carbocycles. The highest BCUT2D eigenvalue weighted by Gasteiger charge is 2.13. The van der Waals surface area contributed by atoms with Gasteiger partial charge in [-0.2, -0.15) is 5.10 Å². The van der Waals surface area contributed by atoms with Gasteiger partial charge in [-0.15, -0.1) is 0 Å². The lowest BCUT2D eigenvalue weighted by atomic mass is 10.3. The van der Waals surface area contributed by atoms with Crippen LogP contribution in [0, 0.1) is 0 Å². The molecule has 2 heterocycles. The first kappa shape index (κ1) is 19.0. The van der Waals surface area contributed by atoms with E-state index in [2.05, 4.69) is 55.5 Å². The molecule has 2 aromatic rings. The van der Waals surface area contributed by atoms with E-state index in [1.807, 2.05) is 4.68 Å². The van der Waals surface area contributed by atoms with Gasteiger partial charge in [0.05, 0.1) is 18.1 Å². The lowest BCUT2D eigenvalue weighted by Crippen LogP contribution is -2.27. The fraction of sp³-hybridized carbons (Fsp3) is 0.600. The molecule has 0 aromatic carbocycles. The zero-order valence-corrected chi connectivity index (χ0v) is 16.4. The van der Waals surface area contributed by atoms with Crippen LogP contribution in [0.4, 0.5) is 5.82 Å². The van der Waals surface area contributed by atoms with E-state index in [0.717, 1.165) is 40.7 Å². The minimum atomic E-state index is 0.0329. The molecule has 1 amide bonds. The number of hydrogen-bond donors (Lipinski definition) is 2. The van der Waals surface area contributed by atoms with Crippen LogP contribution in [-0.4, -0.2) is 49.8 Å². The summed E-state index contributed by atoms with van der Waals surface area (Å²) in [7, 11) is 0. The van der Waals surface area contributed by atoms with Gasteiger partial charge in [0.15, 0.2) is 10.8 Å². The summed E-state index contributed by atoms with van der Waals surface area (Å²) in [5.41, 5.74) is 0.800. The Labute approximate surface area is 154 Å². The average molecular weight is 415 g/mol. The molecular formula is C15H23BrN6OS.